The second kappa shape index (κ2) is 5.18. The number of aromatic amines is 1. The molecule has 0 saturated carbocycles. The van der Waals surface area contributed by atoms with Gasteiger partial charge in [-0.2, -0.15) is 13.2 Å². The Morgan fingerprint density at radius 2 is 1.90 bits per heavy atom. The van der Waals surface area contributed by atoms with E-state index in [9.17, 15) is 22.8 Å². The molecule has 1 heterocycles. The molecule has 0 unspecified atom stereocenters. The highest BCUT2D eigenvalue weighted by atomic mass is 35.5. The van der Waals surface area contributed by atoms with Gasteiger partial charge in [0.05, 0.1) is 0 Å². The van der Waals surface area contributed by atoms with Crippen molar-refractivity contribution >= 4 is 27.7 Å². The fraction of sp³-hybridized carbons (Fsp3) is 0.286. The maximum Gasteiger partial charge on any atom is 0.432 e. The van der Waals surface area contributed by atoms with Crippen LogP contribution in [-0.4, -0.2) is 10.2 Å². The SMILES string of the molecule is CC(C)c1ccc2[nH]c(C(F)(F)F)c(C(=O)Cl)c(=O)c2c1. The molecule has 7 heteroatoms. The summed E-state index contributed by atoms with van der Waals surface area (Å²) in [6, 6.07) is 4.50. The second-order valence-corrected chi connectivity index (χ2v) is 5.28. The van der Waals surface area contributed by atoms with Crippen LogP contribution < -0.4 is 5.43 Å². The first-order valence-corrected chi connectivity index (χ1v) is 6.47. The number of aromatic nitrogens is 1. The largest absolute Gasteiger partial charge is 0.432 e. The number of H-pyrrole nitrogens is 1. The minimum absolute atomic E-state index is 0.0122. The van der Waals surface area contributed by atoms with E-state index in [0.717, 1.165) is 5.56 Å². The summed E-state index contributed by atoms with van der Waals surface area (Å²) in [5.74, 6) is 0.0891. The zero-order valence-corrected chi connectivity index (χ0v) is 11.9. The molecule has 0 radical (unpaired) electrons. The Morgan fingerprint density at radius 1 is 1.29 bits per heavy atom. The summed E-state index contributed by atoms with van der Waals surface area (Å²) in [6.07, 6.45) is -4.87. The molecule has 1 aromatic carbocycles. The smallest absolute Gasteiger partial charge is 0.350 e. The summed E-state index contributed by atoms with van der Waals surface area (Å²) in [5.41, 5.74) is -2.72. The van der Waals surface area contributed by atoms with Crippen LogP contribution in [0.4, 0.5) is 13.2 Å². The Morgan fingerprint density at radius 3 is 2.38 bits per heavy atom. The summed E-state index contributed by atoms with van der Waals surface area (Å²) in [6.45, 7) is 3.76. The van der Waals surface area contributed by atoms with Gasteiger partial charge in [-0.05, 0) is 35.2 Å². The molecule has 0 aliphatic heterocycles. The molecule has 0 saturated heterocycles. The number of carbonyl (C=O) groups excluding carboxylic acids is 1. The first-order valence-electron chi connectivity index (χ1n) is 6.10. The number of hydrogen-bond acceptors (Lipinski definition) is 2. The lowest BCUT2D eigenvalue weighted by atomic mass is 9.99. The van der Waals surface area contributed by atoms with Gasteiger partial charge in [0.2, 0.25) is 5.43 Å². The zero-order valence-electron chi connectivity index (χ0n) is 11.1. The van der Waals surface area contributed by atoms with Crippen LogP contribution in [-0.2, 0) is 6.18 Å². The number of fused-ring (bicyclic) bond motifs is 1. The van der Waals surface area contributed by atoms with E-state index in [-0.39, 0.29) is 16.8 Å². The quantitative estimate of drug-likeness (QED) is 0.849. The van der Waals surface area contributed by atoms with Gasteiger partial charge in [0.1, 0.15) is 11.3 Å². The van der Waals surface area contributed by atoms with Crippen molar-refractivity contribution in [2.75, 3.05) is 0 Å². The van der Waals surface area contributed by atoms with Gasteiger partial charge in [-0.3, -0.25) is 9.59 Å². The van der Waals surface area contributed by atoms with E-state index in [0.29, 0.717) is 0 Å². The molecule has 2 rings (SSSR count). The first-order chi connectivity index (χ1) is 9.62. The predicted molar refractivity (Wildman–Crippen MR) is 73.8 cm³/mol. The Balaban J connectivity index is 2.92. The van der Waals surface area contributed by atoms with Gasteiger partial charge < -0.3 is 4.98 Å². The molecule has 0 aliphatic rings. The molecular formula is C14H11ClF3NO2. The fourth-order valence-corrected chi connectivity index (χ4v) is 2.24. The summed E-state index contributed by atoms with van der Waals surface area (Å²) >= 11 is 5.16. The van der Waals surface area contributed by atoms with Crippen molar-refractivity contribution in [3.8, 4) is 0 Å². The summed E-state index contributed by atoms with van der Waals surface area (Å²) in [5, 5.41) is -1.42. The average molecular weight is 318 g/mol. The Bertz CT molecular complexity index is 778. The fourth-order valence-electron chi connectivity index (χ4n) is 2.06. The summed E-state index contributed by atoms with van der Waals surface area (Å²) < 4.78 is 38.8. The maximum absolute atomic E-state index is 12.9. The summed E-state index contributed by atoms with van der Waals surface area (Å²) in [7, 11) is 0. The van der Waals surface area contributed by atoms with Crippen molar-refractivity contribution in [1.82, 2.24) is 4.98 Å². The monoisotopic (exact) mass is 317 g/mol. The molecule has 0 bridgehead atoms. The molecule has 21 heavy (non-hydrogen) atoms. The van der Waals surface area contributed by atoms with Gasteiger partial charge >= 0.3 is 6.18 Å². The number of rotatable bonds is 2. The standard InChI is InChI=1S/C14H11ClF3NO2/c1-6(2)7-3-4-9-8(5-7)11(20)10(13(15)21)12(19-9)14(16,17)18/h3-6H,1-2H3,(H,19,20). The molecule has 2 aromatic rings. The maximum atomic E-state index is 12.9. The number of benzene rings is 1. The molecule has 1 N–H and O–H groups in total. The van der Waals surface area contributed by atoms with Crippen molar-refractivity contribution < 1.29 is 18.0 Å². The molecular weight excluding hydrogens is 307 g/mol. The molecule has 0 amide bonds. The van der Waals surface area contributed by atoms with Gasteiger partial charge in [-0.25, -0.2) is 0 Å². The lowest BCUT2D eigenvalue weighted by Gasteiger charge is -2.13. The van der Waals surface area contributed by atoms with Crippen LogP contribution >= 0.6 is 11.6 Å². The van der Waals surface area contributed by atoms with E-state index in [1.54, 1.807) is 6.07 Å². The molecule has 0 fully saturated rings. The van der Waals surface area contributed by atoms with Crippen molar-refractivity contribution in [3.05, 3.63) is 45.2 Å². The van der Waals surface area contributed by atoms with Crippen LogP contribution in [0.5, 0.6) is 0 Å². The van der Waals surface area contributed by atoms with Gasteiger partial charge in [0, 0.05) is 10.9 Å². The van der Waals surface area contributed by atoms with Crippen LogP contribution in [0.3, 0.4) is 0 Å². The third-order valence-electron chi connectivity index (χ3n) is 3.17. The molecule has 1 aromatic heterocycles. The van der Waals surface area contributed by atoms with Crippen molar-refractivity contribution in [3.63, 3.8) is 0 Å². The third-order valence-corrected chi connectivity index (χ3v) is 3.36. The molecule has 3 nitrogen and oxygen atoms in total. The number of pyridine rings is 1. The van der Waals surface area contributed by atoms with Crippen LogP contribution in [0, 0.1) is 0 Å². The Hall–Kier alpha value is -1.82. The van der Waals surface area contributed by atoms with Crippen molar-refractivity contribution in [2.24, 2.45) is 0 Å². The van der Waals surface area contributed by atoms with Crippen molar-refractivity contribution in [1.29, 1.82) is 0 Å². The zero-order chi connectivity index (χ0) is 15.9. The number of hydrogen-bond donors (Lipinski definition) is 1. The van der Waals surface area contributed by atoms with E-state index in [1.165, 1.54) is 12.1 Å². The lowest BCUT2D eigenvalue weighted by molar-refractivity contribution is -0.141. The highest BCUT2D eigenvalue weighted by Gasteiger charge is 2.38. The summed E-state index contributed by atoms with van der Waals surface area (Å²) in [4.78, 5) is 25.5. The molecule has 112 valence electrons. The minimum atomic E-state index is -4.87. The van der Waals surface area contributed by atoms with Crippen LogP contribution in [0.1, 0.15) is 41.4 Å². The van der Waals surface area contributed by atoms with Crippen LogP contribution in [0.2, 0.25) is 0 Å². The highest BCUT2D eigenvalue weighted by molar-refractivity contribution is 6.68. The van der Waals surface area contributed by atoms with E-state index in [4.69, 9.17) is 11.6 Å². The van der Waals surface area contributed by atoms with Gasteiger partial charge in [0.15, 0.2) is 0 Å². The topological polar surface area (TPSA) is 49.9 Å². The highest BCUT2D eigenvalue weighted by Crippen LogP contribution is 2.31. The lowest BCUT2D eigenvalue weighted by Crippen LogP contribution is -2.23. The van der Waals surface area contributed by atoms with Gasteiger partial charge in [-0.1, -0.05) is 19.9 Å². The minimum Gasteiger partial charge on any atom is -0.350 e. The van der Waals surface area contributed by atoms with Crippen molar-refractivity contribution in [2.45, 2.75) is 25.9 Å². The van der Waals surface area contributed by atoms with Crippen LogP contribution in [0.25, 0.3) is 10.9 Å². The number of carbonyl (C=O) groups is 1. The first kappa shape index (κ1) is 15.6. The molecule has 0 atom stereocenters. The Kier molecular flexibility index (Phi) is 3.84. The Labute approximate surface area is 122 Å². The molecule has 0 aliphatic carbocycles. The average Bonchev–Trinajstić information content (AvgIpc) is 2.36. The molecule has 0 spiro atoms. The number of halogens is 4. The van der Waals surface area contributed by atoms with E-state index in [1.807, 2.05) is 13.8 Å². The second-order valence-electron chi connectivity index (χ2n) is 4.94. The van der Waals surface area contributed by atoms with Gasteiger partial charge in [-0.15, -0.1) is 0 Å². The normalized spacial score (nSPS) is 12.1. The predicted octanol–water partition coefficient (Wildman–Crippen LogP) is 4.05. The van der Waals surface area contributed by atoms with Gasteiger partial charge in [0.25, 0.3) is 5.24 Å². The van der Waals surface area contributed by atoms with E-state index >= 15 is 0 Å². The van der Waals surface area contributed by atoms with E-state index < -0.39 is 28.1 Å². The number of nitrogens with one attached hydrogen (secondary N) is 1. The van der Waals surface area contributed by atoms with Crippen LogP contribution in [0.15, 0.2) is 23.0 Å². The number of alkyl halides is 3. The van der Waals surface area contributed by atoms with E-state index in [2.05, 4.69) is 4.98 Å². The third kappa shape index (κ3) is 2.81.